The molecule has 3 atom stereocenters. The largest absolute Gasteiger partial charge is 0.496 e. The SMILES string of the molecule is COc1cccc2c1C=C1C(=O)C[C@H](C)[C@@H](O)[C@@H]1O2. The number of hydrogen-bond acceptors (Lipinski definition) is 4. The summed E-state index contributed by atoms with van der Waals surface area (Å²) < 4.78 is 11.1. The number of benzene rings is 1. The summed E-state index contributed by atoms with van der Waals surface area (Å²) in [6.45, 7) is 1.86. The predicted molar refractivity (Wildman–Crippen MR) is 70.2 cm³/mol. The molecule has 1 aliphatic heterocycles. The van der Waals surface area contributed by atoms with E-state index in [2.05, 4.69) is 0 Å². The molecule has 4 heteroatoms. The minimum atomic E-state index is -0.650. The molecule has 1 aromatic rings. The molecule has 0 amide bonds. The lowest BCUT2D eigenvalue weighted by Crippen LogP contribution is -2.46. The second kappa shape index (κ2) is 4.38. The molecule has 1 N–H and O–H groups in total. The molecule has 1 aromatic carbocycles. The first-order chi connectivity index (χ1) is 9.11. The van der Waals surface area contributed by atoms with E-state index in [-0.39, 0.29) is 11.7 Å². The maximum Gasteiger partial charge on any atom is 0.163 e. The van der Waals surface area contributed by atoms with Gasteiger partial charge in [-0.05, 0) is 24.1 Å². The van der Waals surface area contributed by atoms with E-state index in [1.165, 1.54) is 0 Å². The van der Waals surface area contributed by atoms with Gasteiger partial charge in [0, 0.05) is 12.0 Å². The van der Waals surface area contributed by atoms with Crippen molar-refractivity contribution in [2.24, 2.45) is 5.92 Å². The van der Waals surface area contributed by atoms with Crippen molar-refractivity contribution in [3.63, 3.8) is 0 Å². The molecule has 1 heterocycles. The number of ether oxygens (including phenoxy) is 2. The van der Waals surface area contributed by atoms with E-state index in [0.29, 0.717) is 23.5 Å². The molecule has 3 rings (SSSR count). The summed E-state index contributed by atoms with van der Waals surface area (Å²) in [6, 6.07) is 5.48. The Hall–Kier alpha value is -1.81. The van der Waals surface area contributed by atoms with Crippen LogP contribution in [0.4, 0.5) is 0 Å². The van der Waals surface area contributed by atoms with Gasteiger partial charge >= 0.3 is 0 Å². The minimum Gasteiger partial charge on any atom is -0.496 e. The summed E-state index contributed by atoms with van der Waals surface area (Å²) in [4.78, 5) is 12.1. The molecule has 2 aliphatic rings. The van der Waals surface area contributed by atoms with Crippen molar-refractivity contribution in [2.75, 3.05) is 7.11 Å². The van der Waals surface area contributed by atoms with Crippen LogP contribution < -0.4 is 9.47 Å². The summed E-state index contributed by atoms with van der Waals surface area (Å²) in [5, 5.41) is 10.2. The summed E-state index contributed by atoms with van der Waals surface area (Å²) in [5.74, 6) is 1.28. The van der Waals surface area contributed by atoms with E-state index in [9.17, 15) is 9.90 Å². The van der Waals surface area contributed by atoms with E-state index in [1.54, 1.807) is 13.2 Å². The number of ketones is 1. The number of Topliss-reactive ketones (excluding diaryl/α,β-unsaturated/α-hetero) is 1. The highest BCUT2D eigenvalue weighted by Gasteiger charge is 2.41. The van der Waals surface area contributed by atoms with Gasteiger partial charge in [0.15, 0.2) is 11.9 Å². The van der Waals surface area contributed by atoms with Crippen LogP contribution in [-0.2, 0) is 4.79 Å². The van der Waals surface area contributed by atoms with Crippen molar-refractivity contribution in [1.29, 1.82) is 0 Å². The monoisotopic (exact) mass is 260 g/mol. The van der Waals surface area contributed by atoms with Gasteiger partial charge in [0.05, 0.1) is 18.8 Å². The quantitative estimate of drug-likeness (QED) is 0.836. The molecule has 0 saturated heterocycles. The van der Waals surface area contributed by atoms with Gasteiger partial charge in [0.2, 0.25) is 0 Å². The average molecular weight is 260 g/mol. The van der Waals surface area contributed by atoms with E-state index in [0.717, 1.165) is 5.56 Å². The number of carbonyl (C=O) groups is 1. The smallest absolute Gasteiger partial charge is 0.163 e. The highest BCUT2D eigenvalue weighted by Crippen LogP contribution is 2.40. The van der Waals surface area contributed by atoms with Gasteiger partial charge in [-0.1, -0.05) is 13.0 Å². The van der Waals surface area contributed by atoms with Crippen LogP contribution in [0, 0.1) is 5.92 Å². The van der Waals surface area contributed by atoms with Crippen LogP contribution in [0.25, 0.3) is 6.08 Å². The topological polar surface area (TPSA) is 55.8 Å². The van der Waals surface area contributed by atoms with Gasteiger partial charge in [-0.3, -0.25) is 4.79 Å². The molecule has 100 valence electrons. The van der Waals surface area contributed by atoms with Crippen molar-refractivity contribution in [2.45, 2.75) is 25.6 Å². The van der Waals surface area contributed by atoms with E-state index >= 15 is 0 Å². The van der Waals surface area contributed by atoms with Crippen molar-refractivity contribution in [1.82, 2.24) is 0 Å². The molecular weight excluding hydrogens is 244 g/mol. The first-order valence-electron chi connectivity index (χ1n) is 6.38. The number of rotatable bonds is 1. The van der Waals surface area contributed by atoms with Gasteiger partial charge in [0.25, 0.3) is 0 Å². The summed E-state index contributed by atoms with van der Waals surface area (Å²) in [7, 11) is 1.58. The van der Waals surface area contributed by atoms with Gasteiger partial charge in [-0.25, -0.2) is 0 Å². The second-order valence-electron chi connectivity index (χ2n) is 5.11. The third kappa shape index (κ3) is 1.83. The van der Waals surface area contributed by atoms with Crippen LogP contribution in [-0.4, -0.2) is 30.2 Å². The Balaban J connectivity index is 2.10. The summed E-state index contributed by atoms with van der Waals surface area (Å²) in [5.41, 5.74) is 1.31. The van der Waals surface area contributed by atoms with Gasteiger partial charge < -0.3 is 14.6 Å². The molecular formula is C15H16O4. The third-order valence-electron chi connectivity index (χ3n) is 3.83. The van der Waals surface area contributed by atoms with Crippen LogP contribution in [0.15, 0.2) is 23.8 Å². The average Bonchev–Trinajstić information content (AvgIpc) is 2.42. The fraction of sp³-hybridized carbons (Fsp3) is 0.400. The highest BCUT2D eigenvalue weighted by atomic mass is 16.5. The standard InChI is InChI=1S/C15H16O4/c1-8-6-11(16)9-7-10-12(18-2)4-3-5-13(10)19-15(9)14(8)17/h3-5,7-8,14-15,17H,6H2,1-2H3/t8-,14+,15+/m0/s1. The summed E-state index contributed by atoms with van der Waals surface area (Å²) in [6.07, 6.45) is 0.941. The number of hydrogen-bond donors (Lipinski definition) is 1. The van der Waals surface area contributed by atoms with Crippen LogP contribution >= 0.6 is 0 Å². The molecule has 0 aromatic heterocycles. The molecule has 0 radical (unpaired) electrons. The van der Waals surface area contributed by atoms with E-state index < -0.39 is 12.2 Å². The lowest BCUT2D eigenvalue weighted by molar-refractivity contribution is -0.122. The van der Waals surface area contributed by atoms with Crippen molar-refractivity contribution in [3.8, 4) is 11.5 Å². The normalized spacial score (nSPS) is 28.9. The minimum absolute atomic E-state index is 0.0411. The summed E-state index contributed by atoms with van der Waals surface area (Å²) >= 11 is 0. The number of aliphatic hydroxyl groups is 1. The van der Waals surface area contributed by atoms with E-state index in [1.807, 2.05) is 25.1 Å². The molecule has 0 spiro atoms. The van der Waals surface area contributed by atoms with E-state index in [4.69, 9.17) is 9.47 Å². The lowest BCUT2D eigenvalue weighted by Gasteiger charge is -2.37. The predicted octanol–water partition coefficient (Wildman–Crippen LogP) is 1.81. The number of fused-ring (bicyclic) bond motifs is 2. The van der Waals surface area contributed by atoms with Gasteiger partial charge in [-0.2, -0.15) is 0 Å². The third-order valence-corrected chi connectivity index (χ3v) is 3.83. The van der Waals surface area contributed by atoms with Gasteiger partial charge in [-0.15, -0.1) is 0 Å². The molecule has 0 bridgehead atoms. The highest BCUT2D eigenvalue weighted by molar-refractivity contribution is 6.03. The molecule has 19 heavy (non-hydrogen) atoms. The van der Waals surface area contributed by atoms with Crippen molar-refractivity contribution < 1.29 is 19.4 Å². The Morgan fingerprint density at radius 3 is 2.95 bits per heavy atom. The zero-order valence-electron chi connectivity index (χ0n) is 10.9. The van der Waals surface area contributed by atoms with Gasteiger partial charge in [0.1, 0.15) is 11.5 Å². The Bertz CT molecular complexity index is 561. The zero-order chi connectivity index (χ0) is 13.6. The number of carbonyl (C=O) groups excluding carboxylic acids is 1. The molecule has 0 unspecified atom stereocenters. The Morgan fingerprint density at radius 2 is 2.21 bits per heavy atom. The molecule has 4 nitrogen and oxygen atoms in total. The van der Waals surface area contributed by atoms with Crippen molar-refractivity contribution in [3.05, 3.63) is 29.3 Å². The fourth-order valence-electron chi connectivity index (χ4n) is 2.71. The second-order valence-corrected chi connectivity index (χ2v) is 5.11. The van der Waals surface area contributed by atoms with Crippen LogP contribution in [0.1, 0.15) is 18.9 Å². The molecule has 1 aliphatic carbocycles. The van der Waals surface area contributed by atoms with Crippen LogP contribution in [0.5, 0.6) is 11.5 Å². The maximum absolute atomic E-state index is 12.1. The molecule has 1 fully saturated rings. The first kappa shape index (κ1) is 12.2. The Kier molecular flexibility index (Phi) is 2.82. The van der Waals surface area contributed by atoms with Crippen LogP contribution in [0.2, 0.25) is 0 Å². The maximum atomic E-state index is 12.1. The molecule has 1 saturated carbocycles. The van der Waals surface area contributed by atoms with Crippen LogP contribution in [0.3, 0.4) is 0 Å². The number of methoxy groups -OCH3 is 1. The first-order valence-corrected chi connectivity index (χ1v) is 6.38. The fourth-order valence-corrected chi connectivity index (χ4v) is 2.71. The number of aliphatic hydroxyl groups excluding tert-OH is 1. The Morgan fingerprint density at radius 1 is 1.42 bits per heavy atom. The lowest BCUT2D eigenvalue weighted by atomic mass is 9.79. The zero-order valence-corrected chi connectivity index (χ0v) is 10.9. The van der Waals surface area contributed by atoms with Crippen molar-refractivity contribution >= 4 is 11.9 Å². The Labute approximate surface area is 111 Å².